The highest BCUT2D eigenvalue weighted by Gasteiger charge is 2.28. The lowest BCUT2D eigenvalue weighted by molar-refractivity contribution is 0.176. The van der Waals surface area contributed by atoms with E-state index in [1.807, 2.05) is 6.07 Å². The first kappa shape index (κ1) is 26.2. The van der Waals surface area contributed by atoms with Crippen LogP contribution in [0.1, 0.15) is 49.3 Å². The number of aliphatic hydroxyl groups excluding tert-OH is 1. The minimum Gasteiger partial charge on any atom is -0.506 e. The van der Waals surface area contributed by atoms with Crippen LogP contribution in [0.15, 0.2) is 53.3 Å². The summed E-state index contributed by atoms with van der Waals surface area (Å²) in [5, 5.41) is 28.0. The van der Waals surface area contributed by atoms with E-state index in [0.29, 0.717) is 29.6 Å². The molecule has 1 aliphatic rings. The lowest BCUT2D eigenvalue weighted by atomic mass is 9.76. The molecule has 7 heteroatoms. The fourth-order valence-electron chi connectivity index (χ4n) is 4.94. The molecule has 0 bridgehead atoms. The first-order chi connectivity index (χ1) is 17.5. The van der Waals surface area contributed by atoms with Gasteiger partial charge >= 0.3 is 0 Å². The first-order valence-corrected chi connectivity index (χ1v) is 13.0. The minimum atomic E-state index is -0.741. The predicted molar refractivity (Wildman–Crippen MR) is 143 cm³/mol. The summed E-state index contributed by atoms with van der Waals surface area (Å²) in [6.45, 7) is 8.44. The number of phenolic OH excluding ortho intramolecular Hbond substituents is 1. The van der Waals surface area contributed by atoms with Crippen LogP contribution in [0.4, 0.5) is 0 Å². The molecule has 1 radical (unpaired) electrons. The summed E-state index contributed by atoms with van der Waals surface area (Å²) >= 11 is 0. The molecule has 0 amide bonds. The SMILES string of the molecule is [CH2]C1(Cc2ccccc2OCCCCCNC[C@H](O)c2ccc(O)c3[nH]c(=O)ccc23)CCNCC1. The van der Waals surface area contributed by atoms with E-state index in [2.05, 4.69) is 40.7 Å². The molecule has 0 saturated carbocycles. The number of hydrogen-bond acceptors (Lipinski definition) is 6. The van der Waals surface area contributed by atoms with Crippen LogP contribution in [0.25, 0.3) is 10.9 Å². The molecule has 1 aliphatic heterocycles. The van der Waals surface area contributed by atoms with Gasteiger partial charge in [-0.3, -0.25) is 4.79 Å². The van der Waals surface area contributed by atoms with Gasteiger partial charge in [-0.05, 0) is 99.8 Å². The van der Waals surface area contributed by atoms with Crippen LogP contribution in [-0.4, -0.2) is 48.0 Å². The number of rotatable bonds is 12. The molecule has 4 rings (SSSR count). The van der Waals surface area contributed by atoms with Crippen molar-refractivity contribution < 1.29 is 14.9 Å². The van der Waals surface area contributed by atoms with Gasteiger partial charge in [-0.2, -0.15) is 0 Å². The molecule has 5 N–H and O–H groups in total. The minimum absolute atomic E-state index is 0.00592. The standard InChI is InChI=1S/C29H38N3O4/c1-29(13-16-30-17-14-29)19-21-7-3-4-8-26(21)36-18-6-2-5-15-31-20-25(34)22-9-11-24(33)28-23(22)10-12-27(35)32-28/h3-4,7-12,25,30-31,33-34H,1-2,5-6,13-20H2,(H,32,35)/t25-/m0/s1. The van der Waals surface area contributed by atoms with Crippen LogP contribution in [-0.2, 0) is 6.42 Å². The quantitative estimate of drug-likeness (QED) is 0.246. The molecule has 2 heterocycles. The van der Waals surface area contributed by atoms with Crippen LogP contribution >= 0.6 is 0 Å². The number of aromatic nitrogens is 1. The number of ether oxygens (including phenoxy) is 1. The zero-order valence-corrected chi connectivity index (χ0v) is 20.9. The van der Waals surface area contributed by atoms with E-state index in [0.717, 1.165) is 63.9 Å². The van der Waals surface area contributed by atoms with Gasteiger partial charge in [0.25, 0.3) is 0 Å². The van der Waals surface area contributed by atoms with Crippen molar-refractivity contribution in [2.75, 3.05) is 32.8 Å². The topological polar surface area (TPSA) is 107 Å². The van der Waals surface area contributed by atoms with Gasteiger partial charge in [-0.25, -0.2) is 0 Å². The molecule has 0 unspecified atom stereocenters. The maximum atomic E-state index is 11.6. The van der Waals surface area contributed by atoms with E-state index in [4.69, 9.17) is 4.74 Å². The second-order valence-corrected chi connectivity index (χ2v) is 9.95. The summed E-state index contributed by atoms with van der Waals surface area (Å²) in [6.07, 6.45) is 5.36. The van der Waals surface area contributed by atoms with E-state index in [-0.39, 0.29) is 16.7 Å². The molecule has 2 aromatic carbocycles. The number of aliphatic hydroxyl groups is 1. The summed E-state index contributed by atoms with van der Waals surface area (Å²) in [7, 11) is 0. The van der Waals surface area contributed by atoms with Gasteiger partial charge < -0.3 is 30.6 Å². The van der Waals surface area contributed by atoms with E-state index >= 15 is 0 Å². The Labute approximate surface area is 212 Å². The van der Waals surface area contributed by atoms with Crippen molar-refractivity contribution in [2.45, 2.75) is 44.6 Å². The van der Waals surface area contributed by atoms with Crippen LogP contribution in [0.2, 0.25) is 0 Å². The molecule has 1 atom stereocenters. The van der Waals surface area contributed by atoms with E-state index in [1.165, 1.54) is 17.7 Å². The molecule has 193 valence electrons. The Hall–Kier alpha value is -2.87. The molecule has 1 saturated heterocycles. The largest absolute Gasteiger partial charge is 0.506 e. The van der Waals surface area contributed by atoms with Crippen molar-refractivity contribution in [1.29, 1.82) is 0 Å². The smallest absolute Gasteiger partial charge is 0.248 e. The Morgan fingerprint density at radius 3 is 2.69 bits per heavy atom. The number of hydrogen-bond donors (Lipinski definition) is 5. The lowest BCUT2D eigenvalue weighted by Crippen LogP contribution is -2.36. The third-order valence-corrected chi connectivity index (χ3v) is 7.06. The summed E-state index contributed by atoms with van der Waals surface area (Å²) in [6, 6.07) is 14.6. The van der Waals surface area contributed by atoms with Crippen molar-refractivity contribution in [2.24, 2.45) is 5.41 Å². The Kier molecular flexibility index (Phi) is 9.02. The second kappa shape index (κ2) is 12.4. The average molecular weight is 493 g/mol. The number of phenols is 1. The van der Waals surface area contributed by atoms with Gasteiger partial charge in [-0.15, -0.1) is 0 Å². The number of nitrogens with one attached hydrogen (secondary N) is 3. The van der Waals surface area contributed by atoms with Crippen molar-refractivity contribution >= 4 is 10.9 Å². The molecule has 7 nitrogen and oxygen atoms in total. The monoisotopic (exact) mass is 492 g/mol. The maximum absolute atomic E-state index is 11.6. The zero-order valence-electron chi connectivity index (χ0n) is 20.9. The van der Waals surface area contributed by atoms with E-state index in [1.54, 1.807) is 12.1 Å². The summed E-state index contributed by atoms with van der Waals surface area (Å²) in [5.41, 5.74) is 2.07. The van der Waals surface area contributed by atoms with Crippen molar-refractivity contribution in [3.05, 3.63) is 76.9 Å². The number of fused-ring (bicyclic) bond motifs is 1. The molecule has 1 fully saturated rings. The van der Waals surface area contributed by atoms with Gasteiger partial charge in [-0.1, -0.05) is 24.3 Å². The maximum Gasteiger partial charge on any atom is 0.248 e. The second-order valence-electron chi connectivity index (χ2n) is 9.95. The molecule has 0 aliphatic carbocycles. The average Bonchev–Trinajstić information content (AvgIpc) is 2.87. The number of unbranched alkanes of at least 4 members (excludes halogenated alkanes) is 2. The van der Waals surface area contributed by atoms with Crippen LogP contribution in [0.3, 0.4) is 0 Å². The number of pyridine rings is 1. The predicted octanol–water partition coefficient (Wildman–Crippen LogP) is 3.85. The normalized spacial score (nSPS) is 16.2. The number of aromatic amines is 1. The van der Waals surface area contributed by atoms with Crippen molar-refractivity contribution in [1.82, 2.24) is 15.6 Å². The molecule has 0 spiro atoms. The molecule has 3 aromatic rings. The summed E-state index contributed by atoms with van der Waals surface area (Å²) in [4.78, 5) is 14.2. The van der Waals surface area contributed by atoms with Crippen molar-refractivity contribution in [3.63, 3.8) is 0 Å². The molecular weight excluding hydrogens is 454 g/mol. The number of para-hydroxylation sites is 1. The van der Waals surface area contributed by atoms with Crippen LogP contribution in [0, 0.1) is 12.3 Å². The highest BCUT2D eigenvalue weighted by atomic mass is 16.5. The summed E-state index contributed by atoms with van der Waals surface area (Å²) < 4.78 is 6.14. The van der Waals surface area contributed by atoms with Gasteiger partial charge in [0.05, 0.1) is 18.2 Å². The fraction of sp³-hybridized carbons (Fsp3) is 0.448. The number of piperidine rings is 1. The molecule has 36 heavy (non-hydrogen) atoms. The Bertz CT molecular complexity index is 1190. The van der Waals surface area contributed by atoms with Crippen LogP contribution in [0.5, 0.6) is 11.5 Å². The zero-order chi connectivity index (χ0) is 25.4. The number of aromatic hydroxyl groups is 1. The van der Waals surface area contributed by atoms with Crippen molar-refractivity contribution in [3.8, 4) is 11.5 Å². The first-order valence-electron chi connectivity index (χ1n) is 13.0. The third-order valence-electron chi connectivity index (χ3n) is 7.06. The Morgan fingerprint density at radius 2 is 1.86 bits per heavy atom. The van der Waals surface area contributed by atoms with Gasteiger partial charge in [0.2, 0.25) is 5.56 Å². The third kappa shape index (κ3) is 6.87. The fourth-order valence-corrected chi connectivity index (χ4v) is 4.94. The number of H-pyrrole nitrogens is 1. The summed E-state index contributed by atoms with van der Waals surface area (Å²) in [5.74, 6) is 0.969. The van der Waals surface area contributed by atoms with E-state index in [9.17, 15) is 15.0 Å². The van der Waals surface area contributed by atoms with E-state index < -0.39 is 6.10 Å². The molecular formula is C29H38N3O4. The Balaban J connectivity index is 1.16. The lowest BCUT2D eigenvalue weighted by Gasteiger charge is -2.34. The molecule has 1 aromatic heterocycles. The van der Waals surface area contributed by atoms with Gasteiger partial charge in [0.15, 0.2) is 0 Å². The Morgan fingerprint density at radius 1 is 1.06 bits per heavy atom. The highest BCUT2D eigenvalue weighted by Crippen LogP contribution is 2.34. The van der Waals surface area contributed by atoms with Crippen LogP contribution < -0.4 is 20.9 Å². The number of benzene rings is 2. The highest BCUT2D eigenvalue weighted by molar-refractivity contribution is 5.87. The van der Waals surface area contributed by atoms with Gasteiger partial charge in [0.1, 0.15) is 11.5 Å². The van der Waals surface area contributed by atoms with Gasteiger partial charge in [0, 0.05) is 18.0 Å².